The van der Waals surface area contributed by atoms with Crippen molar-refractivity contribution < 1.29 is 14.6 Å². The molecule has 0 bridgehead atoms. The fourth-order valence-corrected chi connectivity index (χ4v) is 1.78. The number of carbonyl (C=O) groups excluding carboxylic acids is 1. The molecule has 1 aliphatic carbocycles. The second-order valence-electron chi connectivity index (χ2n) is 5.22. The van der Waals surface area contributed by atoms with E-state index < -0.39 is 6.10 Å². The lowest BCUT2D eigenvalue weighted by molar-refractivity contribution is -0.126. The van der Waals surface area contributed by atoms with Crippen molar-refractivity contribution in [2.24, 2.45) is 5.92 Å². The van der Waals surface area contributed by atoms with Crippen LogP contribution in [0.4, 0.5) is 5.69 Å². The number of anilines is 1. The molecule has 1 amide bonds. The molecule has 0 aliphatic heterocycles. The molecular formula is C15H21NO3. The van der Waals surface area contributed by atoms with E-state index in [2.05, 4.69) is 5.32 Å². The Bertz CT molecular complexity index is 455. The smallest absolute Gasteiger partial charge is 0.253 e. The van der Waals surface area contributed by atoms with E-state index in [1.54, 1.807) is 13.0 Å². The molecule has 1 aromatic carbocycles. The average Bonchev–Trinajstić information content (AvgIpc) is 3.22. The summed E-state index contributed by atoms with van der Waals surface area (Å²) >= 11 is 0. The number of aliphatic hydroxyl groups is 1. The SMILES string of the molecule is Cc1ccc(CO)cc1NC(=O)C(C)OCC1CC1. The van der Waals surface area contributed by atoms with Crippen LogP contribution < -0.4 is 5.32 Å². The first-order valence-corrected chi connectivity index (χ1v) is 6.73. The topological polar surface area (TPSA) is 58.6 Å². The van der Waals surface area contributed by atoms with E-state index in [4.69, 9.17) is 9.84 Å². The summed E-state index contributed by atoms with van der Waals surface area (Å²) in [5, 5.41) is 12.0. The molecule has 0 aromatic heterocycles. The van der Waals surface area contributed by atoms with Gasteiger partial charge in [-0.25, -0.2) is 0 Å². The molecule has 2 N–H and O–H groups in total. The summed E-state index contributed by atoms with van der Waals surface area (Å²) in [6.45, 7) is 4.33. The summed E-state index contributed by atoms with van der Waals surface area (Å²) in [5.41, 5.74) is 2.49. The highest BCUT2D eigenvalue weighted by Crippen LogP contribution is 2.29. The third-order valence-corrected chi connectivity index (χ3v) is 3.39. The van der Waals surface area contributed by atoms with E-state index >= 15 is 0 Å². The van der Waals surface area contributed by atoms with Crippen molar-refractivity contribution in [2.75, 3.05) is 11.9 Å². The minimum absolute atomic E-state index is 0.0309. The number of aryl methyl sites for hydroxylation is 1. The summed E-state index contributed by atoms with van der Waals surface area (Å²) in [7, 11) is 0. The monoisotopic (exact) mass is 263 g/mol. The van der Waals surface area contributed by atoms with Crippen molar-refractivity contribution in [2.45, 2.75) is 39.4 Å². The number of aliphatic hydroxyl groups excluding tert-OH is 1. The second kappa shape index (κ2) is 6.17. The fraction of sp³-hybridized carbons (Fsp3) is 0.533. The van der Waals surface area contributed by atoms with Crippen LogP contribution in [0.25, 0.3) is 0 Å². The van der Waals surface area contributed by atoms with E-state index in [0.29, 0.717) is 12.5 Å². The Morgan fingerprint density at radius 3 is 2.89 bits per heavy atom. The van der Waals surface area contributed by atoms with E-state index in [9.17, 15) is 4.79 Å². The molecule has 19 heavy (non-hydrogen) atoms. The lowest BCUT2D eigenvalue weighted by atomic mass is 10.1. The van der Waals surface area contributed by atoms with E-state index in [-0.39, 0.29) is 12.5 Å². The quantitative estimate of drug-likeness (QED) is 0.827. The van der Waals surface area contributed by atoms with Crippen LogP contribution in [0.15, 0.2) is 18.2 Å². The van der Waals surface area contributed by atoms with Gasteiger partial charge in [-0.05, 0) is 49.8 Å². The van der Waals surface area contributed by atoms with Crippen molar-refractivity contribution in [3.8, 4) is 0 Å². The lowest BCUT2D eigenvalue weighted by Crippen LogP contribution is -2.28. The number of nitrogens with one attached hydrogen (secondary N) is 1. The van der Waals surface area contributed by atoms with Gasteiger partial charge in [0.25, 0.3) is 5.91 Å². The Hall–Kier alpha value is -1.39. The number of benzene rings is 1. The Balaban J connectivity index is 1.92. The van der Waals surface area contributed by atoms with Crippen LogP contribution >= 0.6 is 0 Å². The van der Waals surface area contributed by atoms with Gasteiger partial charge >= 0.3 is 0 Å². The van der Waals surface area contributed by atoms with Gasteiger partial charge in [-0.3, -0.25) is 4.79 Å². The van der Waals surface area contributed by atoms with Crippen LogP contribution in [-0.4, -0.2) is 23.7 Å². The molecule has 104 valence electrons. The fourth-order valence-electron chi connectivity index (χ4n) is 1.78. The first kappa shape index (κ1) is 14.0. The van der Waals surface area contributed by atoms with Crippen LogP contribution in [0, 0.1) is 12.8 Å². The average molecular weight is 263 g/mol. The van der Waals surface area contributed by atoms with Crippen molar-refractivity contribution in [3.63, 3.8) is 0 Å². The first-order chi connectivity index (χ1) is 9.10. The largest absolute Gasteiger partial charge is 0.392 e. The second-order valence-corrected chi connectivity index (χ2v) is 5.22. The Morgan fingerprint density at radius 2 is 2.26 bits per heavy atom. The summed E-state index contributed by atoms with van der Waals surface area (Å²) in [6, 6.07) is 5.52. The van der Waals surface area contributed by atoms with Gasteiger partial charge in [0.05, 0.1) is 13.2 Å². The summed E-state index contributed by atoms with van der Waals surface area (Å²) in [5.74, 6) is 0.508. The van der Waals surface area contributed by atoms with Gasteiger partial charge in [-0.2, -0.15) is 0 Å². The molecule has 1 unspecified atom stereocenters. The van der Waals surface area contributed by atoms with Gasteiger partial charge in [-0.1, -0.05) is 12.1 Å². The van der Waals surface area contributed by atoms with Gasteiger partial charge in [0.15, 0.2) is 0 Å². The number of ether oxygens (including phenoxy) is 1. The zero-order chi connectivity index (χ0) is 13.8. The minimum Gasteiger partial charge on any atom is -0.392 e. The summed E-state index contributed by atoms with van der Waals surface area (Å²) in [6.07, 6.45) is 1.98. The maximum atomic E-state index is 12.0. The zero-order valence-electron chi connectivity index (χ0n) is 11.5. The lowest BCUT2D eigenvalue weighted by Gasteiger charge is -2.15. The van der Waals surface area contributed by atoms with Crippen molar-refractivity contribution in [3.05, 3.63) is 29.3 Å². The highest BCUT2D eigenvalue weighted by Gasteiger charge is 2.24. The Labute approximate surface area is 113 Å². The van der Waals surface area contributed by atoms with Gasteiger partial charge in [0, 0.05) is 5.69 Å². The number of hydrogen-bond donors (Lipinski definition) is 2. The van der Waals surface area contributed by atoms with Crippen LogP contribution in [0.1, 0.15) is 30.9 Å². The number of amides is 1. The molecule has 2 rings (SSSR count). The van der Waals surface area contributed by atoms with Gasteiger partial charge in [0.1, 0.15) is 6.10 Å². The molecule has 0 saturated heterocycles. The molecule has 1 atom stereocenters. The molecule has 0 radical (unpaired) electrons. The Kier molecular flexibility index (Phi) is 4.56. The van der Waals surface area contributed by atoms with E-state index in [1.165, 1.54) is 12.8 Å². The van der Waals surface area contributed by atoms with Crippen LogP contribution in [-0.2, 0) is 16.1 Å². The predicted molar refractivity (Wildman–Crippen MR) is 73.9 cm³/mol. The highest BCUT2D eigenvalue weighted by molar-refractivity contribution is 5.94. The standard InChI is InChI=1S/C15H21NO3/c1-10-3-4-13(8-17)7-14(10)16-15(18)11(2)19-9-12-5-6-12/h3-4,7,11-12,17H,5-6,8-9H2,1-2H3,(H,16,18). The third kappa shape index (κ3) is 4.04. The van der Waals surface area contributed by atoms with Gasteiger partial charge < -0.3 is 15.2 Å². The Morgan fingerprint density at radius 1 is 1.53 bits per heavy atom. The summed E-state index contributed by atoms with van der Waals surface area (Å²) in [4.78, 5) is 12.0. The summed E-state index contributed by atoms with van der Waals surface area (Å²) < 4.78 is 5.53. The number of rotatable bonds is 6. The normalized spacial score (nSPS) is 16.2. The van der Waals surface area contributed by atoms with Crippen molar-refractivity contribution in [1.82, 2.24) is 0 Å². The van der Waals surface area contributed by atoms with Gasteiger partial charge in [0.2, 0.25) is 0 Å². The van der Waals surface area contributed by atoms with Crippen molar-refractivity contribution >= 4 is 11.6 Å². The van der Waals surface area contributed by atoms with Crippen molar-refractivity contribution in [1.29, 1.82) is 0 Å². The molecule has 0 spiro atoms. The van der Waals surface area contributed by atoms with Crippen LogP contribution in [0.5, 0.6) is 0 Å². The van der Waals surface area contributed by atoms with Gasteiger partial charge in [-0.15, -0.1) is 0 Å². The molecule has 4 nitrogen and oxygen atoms in total. The zero-order valence-corrected chi connectivity index (χ0v) is 11.5. The molecule has 1 aliphatic rings. The molecule has 1 saturated carbocycles. The minimum atomic E-state index is -0.446. The van der Waals surface area contributed by atoms with E-state index in [0.717, 1.165) is 16.8 Å². The number of hydrogen-bond acceptors (Lipinski definition) is 3. The third-order valence-electron chi connectivity index (χ3n) is 3.39. The molecular weight excluding hydrogens is 242 g/mol. The van der Waals surface area contributed by atoms with Crippen LogP contribution in [0.2, 0.25) is 0 Å². The first-order valence-electron chi connectivity index (χ1n) is 6.73. The highest BCUT2D eigenvalue weighted by atomic mass is 16.5. The number of carbonyl (C=O) groups is 1. The maximum Gasteiger partial charge on any atom is 0.253 e. The van der Waals surface area contributed by atoms with E-state index in [1.807, 2.05) is 19.1 Å². The van der Waals surface area contributed by atoms with Crippen LogP contribution in [0.3, 0.4) is 0 Å². The molecule has 0 heterocycles. The maximum absolute atomic E-state index is 12.0. The molecule has 1 aromatic rings. The molecule has 4 heteroatoms. The molecule has 1 fully saturated rings. The predicted octanol–water partition coefficient (Wildman–Crippen LogP) is 2.24.